The summed E-state index contributed by atoms with van der Waals surface area (Å²) in [6.07, 6.45) is 1.69. The average Bonchev–Trinajstić information content (AvgIpc) is 2.95. The van der Waals surface area contributed by atoms with E-state index in [4.69, 9.17) is 9.26 Å². The Morgan fingerprint density at radius 1 is 1.15 bits per heavy atom. The molecule has 0 N–H and O–H groups in total. The second kappa shape index (κ2) is 5.52. The summed E-state index contributed by atoms with van der Waals surface area (Å²) in [5, 5.41) is 3.89. The summed E-state index contributed by atoms with van der Waals surface area (Å²) in [6, 6.07) is 13.3. The predicted octanol–water partition coefficient (Wildman–Crippen LogP) is 3.02. The zero-order valence-corrected chi connectivity index (χ0v) is 11.0. The second-order valence-electron chi connectivity index (χ2n) is 4.33. The second-order valence-corrected chi connectivity index (χ2v) is 4.33. The highest BCUT2D eigenvalue weighted by atomic mass is 16.5. The highest BCUT2D eigenvalue weighted by molar-refractivity contribution is 5.46. The summed E-state index contributed by atoms with van der Waals surface area (Å²) >= 11 is 0. The quantitative estimate of drug-likeness (QED) is 0.727. The van der Waals surface area contributed by atoms with Gasteiger partial charge >= 0.3 is 0 Å². The van der Waals surface area contributed by atoms with Gasteiger partial charge in [-0.25, -0.2) is 0 Å². The van der Waals surface area contributed by atoms with E-state index in [1.54, 1.807) is 6.20 Å². The van der Waals surface area contributed by atoms with E-state index in [0.29, 0.717) is 17.4 Å². The Morgan fingerprint density at radius 2 is 2.10 bits per heavy atom. The zero-order chi connectivity index (χ0) is 13.8. The predicted molar refractivity (Wildman–Crippen MR) is 73.0 cm³/mol. The Labute approximate surface area is 116 Å². The van der Waals surface area contributed by atoms with Crippen LogP contribution >= 0.6 is 0 Å². The summed E-state index contributed by atoms with van der Waals surface area (Å²) in [5.74, 6) is 1.67. The number of aryl methyl sites for hydroxylation is 1. The van der Waals surface area contributed by atoms with Gasteiger partial charge in [0.25, 0.3) is 5.89 Å². The maximum Gasteiger partial charge on any atom is 0.264 e. The Bertz CT molecular complexity index is 695. The molecule has 0 fully saturated rings. The van der Waals surface area contributed by atoms with Crippen molar-refractivity contribution in [2.75, 3.05) is 0 Å². The lowest BCUT2D eigenvalue weighted by Gasteiger charge is -2.03. The van der Waals surface area contributed by atoms with Crippen molar-refractivity contribution in [2.24, 2.45) is 0 Å². The maximum absolute atomic E-state index is 5.61. The Balaban J connectivity index is 1.69. The molecule has 5 nitrogen and oxygen atoms in total. The number of benzene rings is 1. The van der Waals surface area contributed by atoms with Crippen molar-refractivity contribution in [1.29, 1.82) is 0 Å². The molecule has 0 aliphatic heterocycles. The molecular weight excluding hydrogens is 254 g/mol. The van der Waals surface area contributed by atoms with Crippen molar-refractivity contribution < 1.29 is 9.26 Å². The fourth-order valence-electron chi connectivity index (χ4n) is 1.76. The maximum atomic E-state index is 5.61. The monoisotopic (exact) mass is 267 g/mol. The van der Waals surface area contributed by atoms with Gasteiger partial charge in [0.1, 0.15) is 11.4 Å². The van der Waals surface area contributed by atoms with Crippen LogP contribution in [-0.4, -0.2) is 15.1 Å². The molecule has 0 unspecified atom stereocenters. The molecule has 0 saturated heterocycles. The van der Waals surface area contributed by atoms with Crippen molar-refractivity contribution in [2.45, 2.75) is 13.5 Å². The van der Waals surface area contributed by atoms with Crippen LogP contribution < -0.4 is 4.74 Å². The first-order valence-corrected chi connectivity index (χ1v) is 6.25. The fourth-order valence-corrected chi connectivity index (χ4v) is 1.76. The molecular formula is C15H13N3O2. The molecule has 3 rings (SSSR count). The van der Waals surface area contributed by atoms with Gasteiger partial charge in [0, 0.05) is 6.20 Å². The van der Waals surface area contributed by atoms with E-state index in [2.05, 4.69) is 15.1 Å². The van der Waals surface area contributed by atoms with Gasteiger partial charge in [0.15, 0.2) is 6.61 Å². The minimum Gasteiger partial charge on any atom is -0.484 e. The normalized spacial score (nSPS) is 10.4. The standard InChI is InChI=1S/C15H13N3O2/c1-11-5-4-6-12(9-11)19-10-14-17-15(18-20-14)13-7-2-3-8-16-13/h2-9H,10H2,1H3. The van der Waals surface area contributed by atoms with E-state index in [1.165, 1.54) is 0 Å². The van der Waals surface area contributed by atoms with Crippen LogP contribution in [0.3, 0.4) is 0 Å². The van der Waals surface area contributed by atoms with Gasteiger partial charge in [-0.15, -0.1) is 0 Å². The molecule has 20 heavy (non-hydrogen) atoms. The molecule has 0 bridgehead atoms. The van der Waals surface area contributed by atoms with Gasteiger partial charge < -0.3 is 9.26 Å². The minimum atomic E-state index is 0.239. The van der Waals surface area contributed by atoms with Crippen molar-refractivity contribution in [3.63, 3.8) is 0 Å². The molecule has 5 heteroatoms. The van der Waals surface area contributed by atoms with Crippen LogP contribution in [0.5, 0.6) is 5.75 Å². The smallest absolute Gasteiger partial charge is 0.264 e. The molecule has 0 saturated carbocycles. The number of ether oxygens (including phenoxy) is 1. The van der Waals surface area contributed by atoms with Crippen molar-refractivity contribution >= 4 is 0 Å². The highest BCUT2D eigenvalue weighted by Gasteiger charge is 2.09. The SMILES string of the molecule is Cc1cccc(OCc2nc(-c3ccccn3)no2)c1. The molecule has 2 heterocycles. The molecule has 2 aromatic heterocycles. The van der Waals surface area contributed by atoms with Gasteiger partial charge in [-0.2, -0.15) is 4.98 Å². The number of nitrogens with zero attached hydrogens (tertiary/aromatic N) is 3. The van der Waals surface area contributed by atoms with Crippen LogP contribution in [0.1, 0.15) is 11.5 Å². The number of aromatic nitrogens is 3. The molecule has 100 valence electrons. The van der Waals surface area contributed by atoms with Crippen LogP contribution in [0.25, 0.3) is 11.5 Å². The third-order valence-electron chi connectivity index (χ3n) is 2.71. The van der Waals surface area contributed by atoms with Crippen LogP contribution in [0.15, 0.2) is 53.2 Å². The molecule has 0 radical (unpaired) electrons. The molecule has 0 aliphatic rings. The van der Waals surface area contributed by atoms with E-state index >= 15 is 0 Å². The van der Waals surface area contributed by atoms with Gasteiger partial charge in [-0.05, 0) is 36.8 Å². The van der Waals surface area contributed by atoms with E-state index in [1.807, 2.05) is 49.4 Å². The number of hydrogen-bond donors (Lipinski definition) is 0. The Hall–Kier alpha value is -2.69. The van der Waals surface area contributed by atoms with E-state index in [0.717, 1.165) is 11.3 Å². The largest absolute Gasteiger partial charge is 0.484 e. The van der Waals surface area contributed by atoms with Crippen LogP contribution in [0.2, 0.25) is 0 Å². The van der Waals surface area contributed by atoms with Gasteiger partial charge in [-0.1, -0.05) is 23.4 Å². The Kier molecular flexibility index (Phi) is 3.41. The first-order chi connectivity index (χ1) is 9.81. The molecule has 0 amide bonds. The summed E-state index contributed by atoms with van der Waals surface area (Å²) in [4.78, 5) is 8.42. The lowest BCUT2D eigenvalue weighted by atomic mass is 10.2. The molecule has 3 aromatic rings. The lowest BCUT2D eigenvalue weighted by Crippen LogP contribution is -1.96. The minimum absolute atomic E-state index is 0.239. The van der Waals surface area contributed by atoms with E-state index < -0.39 is 0 Å². The van der Waals surface area contributed by atoms with Crippen LogP contribution in [0, 0.1) is 6.92 Å². The van der Waals surface area contributed by atoms with Crippen molar-refractivity contribution in [3.8, 4) is 17.3 Å². The summed E-state index contributed by atoms with van der Waals surface area (Å²) in [6.45, 7) is 2.25. The summed E-state index contributed by atoms with van der Waals surface area (Å²) in [5.41, 5.74) is 1.82. The number of rotatable bonds is 4. The highest BCUT2D eigenvalue weighted by Crippen LogP contribution is 2.16. The average molecular weight is 267 g/mol. The fraction of sp³-hybridized carbons (Fsp3) is 0.133. The molecule has 1 aromatic carbocycles. The summed E-state index contributed by atoms with van der Waals surface area (Å²) in [7, 11) is 0. The third kappa shape index (κ3) is 2.83. The van der Waals surface area contributed by atoms with Gasteiger partial charge in [0.05, 0.1) is 0 Å². The third-order valence-corrected chi connectivity index (χ3v) is 2.71. The Morgan fingerprint density at radius 3 is 2.90 bits per heavy atom. The first kappa shape index (κ1) is 12.3. The number of hydrogen-bond acceptors (Lipinski definition) is 5. The van der Waals surface area contributed by atoms with Crippen molar-refractivity contribution in [3.05, 3.63) is 60.1 Å². The van der Waals surface area contributed by atoms with Crippen LogP contribution in [-0.2, 0) is 6.61 Å². The van der Waals surface area contributed by atoms with E-state index in [9.17, 15) is 0 Å². The van der Waals surface area contributed by atoms with Crippen molar-refractivity contribution in [1.82, 2.24) is 15.1 Å². The molecule has 0 spiro atoms. The topological polar surface area (TPSA) is 61.0 Å². The van der Waals surface area contributed by atoms with Crippen LogP contribution in [0.4, 0.5) is 0 Å². The molecule has 0 atom stereocenters. The van der Waals surface area contributed by atoms with Gasteiger partial charge in [-0.3, -0.25) is 4.98 Å². The molecule has 0 aliphatic carbocycles. The summed E-state index contributed by atoms with van der Waals surface area (Å²) < 4.78 is 10.8. The first-order valence-electron chi connectivity index (χ1n) is 6.25. The van der Waals surface area contributed by atoms with E-state index in [-0.39, 0.29) is 6.61 Å². The number of pyridine rings is 1. The lowest BCUT2D eigenvalue weighted by molar-refractivity contribution is 0.243. The zero-order valence-electron chi connectivity index (χ0n) is 11.0. The van der Waals surface area contributed by atoms with Gasteiger partial charge in [0.2, 0.25) is 5.82 Å².